The number of hydrogen-bond acceptors (Lipinski definition) is 1. The molecule has 0 saturated heterocycles. The number of carbonyl (C=O) groups is 1. The lowest BCUT2D eigenvalue weighted by molar-refractivity contribution is -0.139. The van der Waals surface area contributed by atoms with Crippen molar-refractivity contribution in [2.75, 3.05) is 5.88 Å². The molecule has 0 aliphatic heterocycles. The Labute approximate surface area is 63.8 Å². The number of halogens is 2. The van der Waals surface area contributed by atoms with Crippen molar-refractivity contribution in [2.24, 2.45) is 0 Å². The first-order chi connectivity index (χ1) is 4.06. The zero-order valence-corrected chi connectivity index (χ0v) is 6.54. The molecule has 0 aromatic rings. The summed E-state index contributed by atoms with van der Waals surface area (Å²) in [5, 5.41) is 8.42. The summed E-state index contributed by atoms with van der Waals surface area (Å²) in [5.74, 6) is -1.11. The lowest BCUT2D eigenvalue weighted by atomic mass is 10.1. The normalized spacial score (nSPS) is 16.8. The molecule has 0 rings (SSSR count). The van der Waals surface area contributed by atoms with E-state index in [2.05, 4.69) is 0 Å². The average molecular weight is 171 g/mol. The fourth-order valence-electron chi connectivity index (χ4n) is 0.303. The van der Waals surface area contributed by atoms with Gasteiger partial charge < -0.3 is 5.11 Å². The Bertz CT molecular complexity index is 110. The Kier molecular flexibility index (Phi) is 3.30. The molecule has 0 aliphatic rings. The van der Waals surface area contributed by atoms with Crippen LogP contribution in [0.25, 0.3) is 0 Å². The van der Waals surface area contributed by atoms with E-state index < -0.39 is 10.8 Å². The zero-order chi connectivity index (χ0) is 7.49. The quantitative estimate of drug-likeness (QED) is 0.656. The lowest BCUT2D eigenvalue weighted by Crippen LogP contribution is -2.33. The third-order valence-corrected chi connectivity index (χ3v) is 2.31. The molecule has 0 aliphatic carbocycles. The molecule has 2 nitrogen and oxygen atoms in total. The Hall–Kier alpha value is 0.0500. The average Bonchev–Trinajstić information content (AvgIpc) is 1.86. The fraction of sp³-hybridized carbons (Fsp3) is 0.800. The topological polar surface area (TPSA) is 37.3 Å². The summed E-state index contributed by atoms with van der Waals surface area (Å²) in [7, 11) is 0. The van der Waals surface area contributed by atoms with Gasteiger partial charge in [-0.2, -0.15) is 0 Å². The predicted octanol–water partition coefficient (Wildman–Crippen LogP) is 1.70. The van der Waals surface area contributed by atoms with Gasteiger partial charge in [0.05, 0.1) is 5.88 Å². The molecule has 0 aromatic heterocycles. The van der Waals surface area contributed by atoms with E-state index >= 15 is 0 Å². The van der Waals surface area contributed by atoms with Crippen LogP contribution in [0.15, 0.2) is 0 Å². The second kappa shape index (κ2) is 3.28. The minimum absolute atomic E-state index is 0.0552. The van der Waals surface area contributed by atoms with E-state index in [1.54, 1.807) is 6.92 Å². The van der Waals surface area contributed by atoms with Gasteiger partial charge in [-0.15, -0.1) is 23.2 Å². The maximum absolute atomic E-state index is 10.3. The summed E-state index contributed by atoms with van der Waals surface area (Å²) >= 11 is 10.8. The number of hydrogen-bond donors (Lipinski definition) is 1. The molecule has 0 aromatic carbocycles. The molecule has 0 radical (unpaired) electrons. The molecule has 0 amide bonds. The smallest absolute Gasteiger partial charge is 0.325 e. The van der Waals surface area contributed by atoms with Crippen molar-refractivity contribution in [2.45, 2.75) is 18.2 Å². The van der Waals surface area contributed by atoms with Crippen molar-refractivity contribution in [3.05, 3.63) is 0 Å². The maximum atomic E-state index is 10.3. The Morgan fingerprint density at radius 2 is 2.22 bits per heavy atom. The van der Waals surface area contributed by atoms with E-state index in [1.165, 1.54) is 0 Å². The highest BCUT2D eigenvalue weighted by atomic mass is 35.5. The van der Waals surface area contributed by atoms with Gasteiger partial charge >= 0.3 is 5.97 Å². The molecule has 1 N–H and O–H groups in total. The van der Waals surface area contributed by atoms with Crippen molar-refractivity contribution in [1.82, 2.24) is 0 Å². The molecular weight excluding hydrogens is 163 g/mol. The monoisotopic (exact) mass is 170 g/mol. The summed E-state index contributed by atoms with van der Waals surface area (Å²) in [4.78, 5) is 9.00. The third kappa shape index (κ3) is 2.03. The van der Waals surface area contributed by atoms with E-state index in [1.807, 2.05) is 0 Å². The molecule has 4 heteroatoms. The first-order valence-electron chi connectivity index (χ1n) is 2.55. The fourth-order valence-corrected chi connectivity index (χ4v) is 0.606. The maximum Gasteiger partial charge on any atom is 0.325 e. The number of alkyl halides is 2. The van der Waals surface area contributed by atoms with Crippen molar-refractivity contribution in [1.29, 1.82) is 0 Å². The Morgan fingerprint density at radius 1 is 1.78 bits per heavy atom. The van der Waals surface area contributed by atoms with Crippen LogP contribution in [0.2, 0.25) is 0 Å². The summed E-state index contributed by atoms with van der Waals surface area (Å²) < 4.78 is 0. The predicted molar refractivity (Wildman–Crippen MR) is 37.2 cm³/mol. The molecular formula is C5H8Cl2O2. The van der Waals surface area contributed by atoms with Crippen molar-refractivity contribution in [3.8, 4) is 0 Å². The number of rotatable bonds is 3. The van der Waals surface area contributed by atoms with Crippen LogP contribution in [-0.2, 0) is 4.79 Å². The van der Waals surface area contributed by atoms with Gasteiger partial charge in [-0.1, -0.05) is 6.92 Å². The van der Waals surface area contributed by atoms with Gasteiger partial charge in [0.2, 0.25) is 0 Å². The minimum atomic E-state index is -1.26. The van der Waals surface area contributed by atoms with Gasteiger partial charge in [-0.05, 0) is 6.42 Å². The van der Waals surface area contributed by atoms with Gasteiger partial charge in [-0.25, -0.2) is 0 Å². The van der Waals surface area contributed by atoms with Crippen LogP contribution in [0.4, 0.5) is 0 Å². The molecule has 0 heterocycles. The van der Waals surface area contributed by atoms with Crippen LogP contribution in [0.1, 0.15) is 13.3 Å². The van der Waals surface area contributed by atoms with Crippen molar-refractivity contribution in [3.63, 3.8) is 0 Å². The highest BCUT2D eigenvalue weighted by molar-refractivity contribution is 6.38. The summed E-state index contributed by atoms with van der Waals surface area (Å²) in [6, 6.07) is 0. The van der Waals surface area contributed by atoms with Gasteiger partial charge in [-0.3, -0.25) is 4.79 Å². The molecule has 0 fully saturated rings. The van der Waals surface area contributed by atoms with Gasteiger partial charge in [0, 0.05) is 0 Å². The highest BCUT2D eigenvalue weighted by Gasteiger charge is 2.32. The van der Waals surface area contributed by atoms with Gasteiger partial charge in [0.15, 0.2) is 4.87 Å². The van der Waals surface area contributed by atoms with Crippen LogP contribution in [-0.4, -0.2) is 21.8 Å². The summed E-state index contributed by atoms with van der Waals surface area (Å²) in [5.41, 5.74) is 0. The SMILES string of the molecule is CCC(Cl)(CCl)C(=O)O. The van der Waals surface area contributed by atoms with E-state index in [9.17, 15) is 4.79 Å². The van der Waals surface area contributed by atoms with E-state index in [0.29, 0.717) is 6.42 Å². The Balaban J connectivity index is 4.09. The first-order valence-corrected chi connectivity index (χ1v) is 3.46. The van der Waals surface area contributed by atoms with E-state index in [4.69, 9.17) is 28.3 Å². The van der Waals surface area contributed by atoms with Crippen LogP contribution < -0.4 is 0 Å². The van der Waals surface area contributed by atoms with Crippen LogP contribution in [0.5, 0.6) is 0 Å². The third-order valence-electron chi connectivity index (χ3n) is 1.16. The van der Waals surface area contributed by atoms with E-state index in [-0.39, 0.29) is 5.88 Å². The molecule has 0 bridgehead atoms. The second-order valence-electron chi connectivity index (χ2n) is 1.76. The molecule has 0 saturated carbocycles. The van der Waals surface area contributed by atoms with E-state index in [0.717, 1.165) is 0 Å². The van der Waals surface area contributed by atoms with Crippen molar-refractivity contribution >= 4 is 29.2 Å². The number of carboxylic acids is 1. The van der Waals surface area contributed by atoms with Gasteiger partial charge in [0.1, 0.15) is 0 Å². The van der Waals surface area contributed by atoms with Crippen molar-refractivity contribution < 1.29 is 9.90 Å². The van der Waals surface area contributed by atoms with Crippen LogP contribution in [0.3, 0.4) is 0 Å². The molecule has 54 valence electrons. The number of aliphatic carboxylic acids is 1. The largest absolute Gasteiger partial charge is 0.480 e. The standard InChI is InChI=1S/C5H8Cl2O2/c1-2-5(7,3-6)4(8)9/h2-3H2,1H3,(H,8,9). The first kappa shape index (κ1) is 9.05. The minimum Gasteiger partial charge on any atom is -0.480 e. The van der Waals surface area contributed by atoms with Crippen LogP contribution >= 0.6 is 23.2 Å². The Morgan fingerprint density at radius 3 is 2.22 bits per heavy atom. The summed E-state index contributed by atoms with van der Waals surface area (Å²) in [6.45, 7) is 1.68. The molecule has 9 heavy (non-hydrogen) atoms. The second-order valence-corrected chi connectivity index (χ2v) is 2.75. The van der Waals surface area contributed by atoms with Gasteiger partial charge in [0.25, 0.3) is 0 Å². The molecule has 1 atom stereocenters. The van der Waals surface area contributed by atoms with Crippen LogP contribution in [0, 0.1) is 0 Å². The highest BCUT2D eigenvalue weighted by Crippen LogP contribution is 2.21. The number of carboxylic acid groups (broad SMARTS) is 1. The lowest BCUT2D eigenvalue weighted by Gasteiger charge is -2.15. The molecule has 0 spiro atoms. The zero-order valence-electron chi connectivity index (χ0n) is 5.03. The molecule has 1 unspecified atom stereocenters. The summed E-state index contributed by atoms with van der Waals surface area (Å²) in [6.07, 6.45) is 0.341.